The number of ether oxygens (including phenoxy) is 1. The van der Waals surface area contributed by atoms with E-state index in [9.17, 15) is 0 Å². The first kappa shape index (κ1) is 20.0. The van der Waals surface area contributed by atoms with Crippen molar-refractivity contribution < 1.29 is 4.74 Å². The molecule has 0 aliphatic carbocycles. The Hall–Kier alpha value is -2.90. The Labute approximate surface area is 183 Å². The zero-order valence-electron chi connectivity index (χ0n) is 17.9. The molecule has 0 aromatic carbocycles. The molecule has 5 rings (SSSR count). The van der Waals surface area contributed by atoms with E-state index in [0.717, 1.165) is 86.3 Å². The van der Waals surface area contributed by atoms with Crippen molar-refractivity contribution >= 4 is 5.82 Å². The molecule has 2 saturated heterocycles. The third-order valence-corrected chi connectivity index (χ3v) is 6.28. The van der Waals surface area contributed by atoms with Crippen molar-refractivity contribution in [2.24, 2.45) is 0 Å². The van der Waals surface area contributed by atoms with E-state index in [2.05, 4.69) is 32.8 Å². The summed E-state index contributed by atoms with van der Waals surface area (Å²) in [5.74, 6) is 1.73. The molecule has 0 unspecified atom stereocenters. The van der Waals surface area contributed by atoms with E-state index in [1.165, 1.54) is 0 Å². The second-order valence-electron chi connectivity index (χ2n) is 8.23. The Morgan fingerprint density at radius 2 is 1.74 bits per heavy atom. The molecule has 7 heteroatoms. The molecule has 0 amide bonds. The molecule has 0 radical (unpaired) electrons. The lowest BCUT2D eigenvalue weighted by molar-refractivity contribution is 0.0115. The van der Waals surface area contributed by atoms with Crippen LogP contribution in [-0.4, -0.2) is 70.3 Å². The number of pyridine rings is 2. The number of nitrogens with zero attached hydrogens (tertiary/aromatic N) is 6. The van der Waals surface area contributed by atoms with Gasteiger partial charge < -0.3 is 9.64 Å². The van der Waals surface area contributed by atoms with Gasteiger partial charge in [-0.2, -0.15) is 0 Å². The highest BCUT2D eigenvalue weighted by molar-refractivity contribution is 5.68. The van der Waals surface area contributed by atoms with E-state index in [-0.39, 0.29) is 0 Å². The Balaban J connectivity index is 1.44. The molecule has 0 atom stereocenters. The molecular formula is C24H28N6O. The van der Waals surface area contributed by atoms with Gasteiger partial charge in [-0.15, -0.1) is 0 Å². The third-order valence-electron chi connectivity index (χ3n) is 6.28. The van der Waals surface area contributed by atoms with Crippen molar-refractivity contribution in [1.82, 2.24) is 24.8 Å². The zero-order chi connectivity index (χ0) is 21.0. The fraction of sp³-hybridized carbons (Fsp3) is 0.417. The summed E-state index contributed by atoms with van der Waals surface area (Å²) >= 11 is 0. The zero-order valence-corrected chi connectivity index (χ0v) is 17.9. The van der Waals surface area contributed by atoms with Crippen LogP contribution in [0.1, 0.15) is 18.4 Å². The van der Waals surface area contributed by atoms with E-state index < -0.39 is 0 Å². The Morgan fingerprint density at radius 3 is 2.48 bits per heavy atom. The van der Waals surface area contributed by atoms with Crippen LogP contribution in [-0.2, 0) is 4.74 Å². The van der Waals surface area contributed by atoms with Crippen molar-refractivity contribution in [2.75, 3.05) is 44.3 Å². The van der Waals surface area contributed by atoms with Gasteiger partial charge >= 0.3 is 0 Å². The molecule has 5 heterocycles. The lowest BCUT2D eigenvalue weighted by atomic mass is 10.0. The first-order chi connectivity index (χ1) is 15.3. The van der Waals surface area contributed by atoms with Crippen LogP contribution in [0.2, 0.25) is 0 Å². The second kappa shape index (κ2) is 9.08. The molecule has 0 bridgehead atoms. The van der Waals surface area contributed by atoms with Crippen LogP contribution in [0.4, 0.5) is 5.82 Å². The minimum Gasteiger partial charge on any atom is -0.379 e. The highest BCUT2D eigenvalue weighted by Crippen LogP contribution is 2.29. The molecular weight excluding hydrogens is 388 g/mol. The Bertz CT molecular complexity index is 1010. The number of anilines is 1. The molecule has 0 saturated carbocycles. The van der Waals surface area contributed by atoms with Crippen molar-refractivity contribution in [2.45, 2.75) is 25.8 Å². The summed E-state index contributed by atoms with van der Waals surface area (Å²) in [6, 6.07) is 8.73. The molecule has 2 aliphatic heterocycles. The minimum atomic E-state index is 0.640. The SMILES string of the molecule is Cc1cnccc1-c1nc(-c2cccnc2)cc(N2CCC(N3CCOCC3)CC2)n1. The van der Waals surface area contributed by atoms with Gasteiger partial charge in [0.1, 0.15) is 5.82 Å². The maximum atomic E-state index is 5.52. The lowest BCUT2D eigenvalue weighted by Crippen LogP contribution is -2.49. The van der Waals surface area contributed by atoms with Crippen LogP contribution in [0, 0.1) is 6.92 Å². The van der Waals surface area contributed by atoms with Crippen LogP contribution in [0.3, 0.4) is 0 Å². The smallest absolute Gasteiger partial charge is 0.162 e. The summed E-state index contributed by atoms with van der Waals surface area (Å²) < 4.78 is 5.52. The first-order valence-corrected chi connectivity index (χ1v) is 11.0. The summed E-state index contributed by atoms with van der Waals surface area (Å²) in [6.07, 6.45) is 9.61. The monoisotopic (exact) mass is 416 g/mol. The van der Waals surface area contributed by atoms with Gasteiger partial charge in [0.15, 0.2) is 5.82 Å². The lowest BCUT2D eigenvalue weighted by Gasteiger charge is -2.40. The molecule has 3 aromatic rings. The van der Waals surface area contributed by atoms with Gasteiger partial charge in [-0.25, -0.2) is 9.97 Å². The van der Waals surface area contributed by atoms with E-state index in [1.807, 2.05) is 30.6 Å². The number of piperidine rings is 1. The quantitative estimate of drug-likeness (QED) is 0.647. The molecule has 0 spiro atoms. The van der Waals surface area contributed by atoms with Crippen LogP contribution in [0.5, 0.6) is 0 Å². The summed E-state index contributed by atoms with van der Waals surface area (Å²) in [6.45, 7) is 7.87. The molecule has 3 aromatic heterocycles. The van der Waals surface area contributed by atoms with Crippen LogP contribution in [0.25, 0.3) is 22.6 Å². The topological polar surface area (TPSA) is 67.3 Å². The van der Waals surface area contributed by atoms with Gasteiger partial charge in [-0.1, -0.05) is 0 Å². The minimum absolute atomic E-state index is 0.640. The fourth-order valence-electron chi connectivity index (χ4n) is 4.51. The van der Waals surface area contributed by atoms with E-state index >= 15 is 0 Å². The van der Waals surface area contributed by atoms with Gasteiger partial charge in [0.2, 0.25) is 0 Å². The van der Waals surface area contributed by atoms with Gasteiger partial charge in [0.05, 0.1) is 18.9 Å². The Kier molecular flexibility index (Phi) is 5.86. The highest BCUT2D eigenvalue weighted by Gasteiger charge is 2.27. The maximum Gasteiger partial charge on any atom is 0.162 e. The van der Waals surface area contributed by atoms with Crippen molar-refractivity contribution in [3.05, 3.63) is 54.6 Å². The molecule has 31 heavy (non-hydrogen) atoms. The van der Waals surface area contributed by atoms with Gasteiger partial charge in [0, 0.05) is 74.2 Å². The van der Waals surface area contributed by atoms with Crippen LogP contribution >= 0.6 is 0 Å². The first-order valence-electron chi connectivity index (χ1n) is 11.0. The molecule has 7 nitrogen and oxygen atoms in total. The predicted octanol–water partition coefficient (Wildman–Crippen LogP) is 3.21. The summed E-state index contributed by atoms with van der Waals surface area (Å²) in [5, 5.41) is 0. The molecule has 160 valence electrons. The number of hydrogen-bond donors (Lipinski definition) is 0. The summed E-state index contributed by atoms with van der Waals surface area (Å²) in [4.78, 5) is 23.4. The van der Waals surface area contributed by atoms with Crippen molar-refractivity contribution in [3.63, 3.8) is 0 Å². The normalized spacial score (nSPS) is 18.3. The van der Waals surface area contributed by atoms with Crippen LogP contribution in [0.15, 0.2) is 49.1 Å². The average molecular weight is 417 g/mol. The number of rotatable bonds is 4. The van der Waals surface area contributed by atoms with E-state index in [1.54, 1.807) is 12.4 Å². The number of hydrogen-bond acceptors (Lipinski definition) is 7. The average Bonchev–Trinajstić information content (AvgIpc) is 2.85. The fourth-order valence-corrected chi connectivity index (χ4v) is 4.51. The molecule has 2 fully saturated rings. The van der Waals surface area contributed by atoms with E-state index in [0.29, 0.717) is 6.04 Å². The van der Waals surface area contributed by atoms with Gasteiger partial charge in [-0.05, 0) is 43.5 Å². The second-order valence-corrected chi connectivity index (χ2v) is 8.23. The maximum absolute atomic E-state index is 5.52. The summed E-state index contributed by atoms with van der Waals surface area (Å²) in [5.41, 5.74) is 4.00. The predicted molar refractivity (Wildman–Crippen MR) is 121 cm³/mol. The molecule has 0 N–H and O–H groups in total. The van der Waals surface area contributed by atoms with Crippen LogP contribution < -0.4 is 4.90 Å². The number of morpholine rings is 1. The van der Waals surface area contributed by atoms with Crippen molar-refractivity contribution in [1.29, 1.82) is 0 Å². The number of aromatic nitrogens is 4. The van der Waals surface area contributed by atoms with Gasteiger partial charge in [-0.3, -0.25) is 14.9 Å². The molecule has 2 aliphatic rings. The van der Waals surface area contributed by atoms with Crippen molar-refractivity contribution in [3.8, 4) is 22.6 Å². The summed E-state index contributed by atoms with van der Waals surface area (Å²) in [7, 11) is 0. The highest BCUT2D eigenvalue weighted by atomic mass is 16.5. The largest absolute Gasteiger partial charge is 0.379 e. The third kappa shape index (κ3) is 4.43. The Morgan fingerprint density at radius 1 is 0.935 bits per heavy atom. The van der Waals surface area contributed by atoms with Gasteiger partial charge in [0.25, 0.3) is 0 Å². The van der Waals surface area contributed by atoms with E-state index in [4.69, 9.17) is 14.7 Å². The number of aryl methyl sites for hydroxylation is 1. The standard InChI is InChI=1S/C24H28N6O/c1-18-16-26-8-4-21(18)24-27-22(19-3-2-7-25-17-19)15-23(28-24)30-9-5-20(6-10-30)29-11-13-31-14-12-29/h2-4,7-8,15-17,20H,5-6,9-14H2,1H3.